The van der Waals surface area contributed by atoms with Crippen LogP contribution in [-0.2, 0) is 0 Å². The molecular weight excluding hydrogens is 256 g/mol. The monoisotopic (exact) mass is 294 g/mol. The van der Waals surface area contributed by atoms with Crippen molar-refractivity contribution in [3.63, 3.8) is 0 Å². The van der Waals surface area contributed by atoms with Gasteiger partial charge in [-0.1, -0.05) is 59.3 Å². The van der Waals surface area contributed by atoms with E-state index in [-0.39, 0.29) is 0 Å². The smallest absolute Gasteiger partial charge is 0.0309 e. The van der Waals surface area contributed by atoms with Gasteiger partial charge in [0.15, 0.2) is 0 Å². The molecule has 0 aromatic heterocycles. The average molecular weight is 295 g/mol. The molecule has 2 aliphatic rings. The maximum Gasteiger partial charge on any atom is 0.0309 e. The van der Waals surface area contributed by atoms with Crippen molar-refractivity contribution in [1.82, 2.24) is 10.2 Å². The minimum atomic E-state index is 0.447. The van der Waals surface area contributed by atoms with Crippen molar-refractivity contribution in [3.8, 4) is 0 Å². The van der Waals surface area contributed by atoms with Gasteiger partial charge in [-0.3, -0.25) is 4.90 Å². The van der Waals surface area contributed by atoms with Gasteiger partial charge in [0, 0.05) is 30.7 Å². The van der Waals surface area contributed by atoms with Crippen molar-refractivity contribution < 1.29 is 0 Å². The molecule has 0 radical (unpaired) electrons. The Kier molecular flexibility index (Phi) is 6.55. The molecule has 124 valence electrons. The molecule has 1 aliphatic carbocycles. The second kappa shape index (κ2) is 7.97. The van der Waals surface area contributed by atoms with E-state index in [1.165, 1.54) is 70.9 Å². The van der Waals surface area contributed by atoms with Gasteiger partial charge in [-0.2, -0.15) is 0 Å². The summed E-state index contributed by atoms with van der Waals surface area (Å²) in [5.74, 6) is 0.757. The Morgan fingerprint density at radius 3 is 2.43 bits per heavy atom. The van der Waals surface area contributed by atoms with Gasteiger partial charge < -0.3 is 5.32 Å². The van der Waals surface area contributed by atoms with E-state index in [0.29, 0.717) is 5.54 Å². The molecular formula is C19H38N2. The van der Waals surface area contributed by atoms with Crippen LogP contribution in [0.4, 0.5) is 0 Å². The Balaban J connectivity index is 2.00. The summed E-state index contributed by atoms with van der Waals surface area (Å²) < 4.78 is 0. The molecule has 2 atom stereocenters. The van der Waals surface area contributed by atoms with Gasteiger partial charge in [0.05, 0.1) is 0 Å². The fourth-order valence-corrected chi connectivity index (χ4v) is 4.48. The van der Waals surface area contributed by atoms with Crippen LogP contribution in [0.25, 0.3) is 0 Å². The first-order valence-corrected chi connectivity index (χ1v) is 9.59. The van der Waals surface area contributed by atoms with E-state index in [2.05, 4.69) is 37.9 Å². The van der Waals surface area contributed by atoms with E-state index in [1.807, 2.05) is 0 Å². The van der Waals surface area contributed by atoms with E-state index in [4.69, 9.17) is 0 Å². The highest BCUT2D eigenvalue weighted by molar-refractivity contribution is 5.01. The minimum absolute atomic E-state index is 0.447. The van der Waals surface area contributed by atoms with Gasteiger partial charge in [0.25, 0.3) is 0 Å². The summed E-state index contributed by atoms with van der Waals surface area (Å²) >= 11 is 0. The molecule has 1 saturated heterocycles. The predicted molar refractivity (Wildman–Crippen MR) is 92.8 cm³/mol. The highest BCUT2D eigenvalue weighted by atomic mass is 15.3. The zero-order valence-corrected chi connectivity index (χ0v) is 15.0. The summed E-state index contributed by atoms with van der Waals surface area (Å²) in [6.07, 6.45) is 12.6. The normalized spacial score (nSPS) is 28.1. The van der Waals surface area contributed by atoms with Crippen LogP contribution in [-0.4, -0.2) is 35.6 Å². The lowest BCUT2D eigenvalue weighted by Gasteiger charge is -2.53. The van der Waals surface area contributed by atoms with Crippen molar-refractivity contribution in [2.45, 2.75) is 103 Å². The summed E-state index contributed by atoms with van der Waals surface area (Å²) in [7, 11) is 0. The summed E-state index contributed by atoms with van der Waals surface area (Å²) in [5.41, 5.74) is 0.447. The molecule has 2 heteroatoms. The van der Waals surface area contributed by atoms with Crippen molar-refractivity contribution in [3.05, 3.63) is 0 Å². The van der Waals surface area contributed by atoms with Gasteiger partial charge in [-0.15, -0.1) is 0 Å². The minimum Gasteiger partial charge on any atom is -0.308 e. The Bertz CT molecular complexity index is 294. The molecule has 1 saturated carbocycles. The van der Waals surface area contributed by atoms with Crippen LogP contribution in [0.15, 0.2) is 0 Å². The molecule has 1 N–H and O–H groups in total. The fourth-order valence-electron chi connectivity index (χ4n) is 4.48. The van der Waals surface area contributed by atoms with Crippen molar-refractivity contribution in [2.24, 2.45) is 5.92 Å². The van der Waals surface area contributed by atoms with Crippen molar-refractivity contribution in [1.29, 1.82) is 0 Å². The first-order chi connectivity index (χ1) is 10.1. The second-order valence-electron chi connectivity index (χ2n) is 8.05. The molecule has 2 rings (SSSR count). The lowest BCUT2D eigenvalue weighted by Crippen LogP contribution is -2.67. The van der Waals surface area contributed by atoms with Gasteiger partial charge in [-0.25, -0.2) is 0 Å². The van der Waals surface area contributed by atoms with Gasteiger partial charge in [0.2, 0.25) is 0 Å². The summed E-state index contributed by atoms with van der Waals surface area (Å²) in [5, 5.41) is 3.98. The van der Waals surface area contributed by atoms with Gasteiger partial charge in [-0.05, 0) is 32.1 Å². The number of nitrogens with one attached hydrogen (secondary N) is 1. The molecule has 0 aromatic carbocycles. The van der Waals surface area contributed by atoms with Crippen molar-refractivity contribution >= 4 is 0 Å². The molecule has 1 aliphatic heterocycles. The van der Waals surface area contributed by atoms with E-state index in [0.717, 1.165) is 18.0 Å². The first kappa shape index (κ1) is 17.3. The number of rotatable bonds is 6. The summed E-state index contributed by atoms with van der Waals surface area (Å²) in [6, 6.07) is 1.49. The van der Waals surface area contributed by atoms with Gasteiger partial charge in [0.1, 0.15) is 0 Å². The topological polar surface area (TPSA) is 15.3 Å². The van der Waals surface area contributed by atoms with E-state index in [1.54, 1.807) is 0 Å². The molecule has 2 unspecified atom stereocenters. The molecule has 2 nitrogen and oxygen atoms in total. The first-order valence-electron chi connectivity index (χ1n) is 9.59. The molecule has 1 spiro atoms. The van der Waals surface area contributed by atoms with Crippen LogP contribution in [0.2, 0.25) is 0 Å². The number of unbranched alkanes of at least 4 members (excludes halogenated alkanes) is 2. The zero-order valence-electron chi connectivity index (χ0n) is 15.0. The third-order valence-corrected chi connectivity index (χ3v) is 5.97. The van der Waals surface area contributed by atoms with Crippen LogP contribution >= 0.6 is 0 Å². The molecule has 21 heavy (non-hydrogen) atoms. The Morgan fingerprint density at radius 2 is 1.81 bits per heavy atom. The fraction of sp³-hybridized carbons (Fsp3) is 1.00. The van der Waals surface area contributed by atoms with Crippen LogP contribution < -0.4 is 5.32 Å². The largest absolute Gasteiger partial charge is 0.308 e. The summed E-state index contributed by atoms with van der Waals surface area (Å²) in [4.78, 5) is 2.88. The van der Waals surface area contributed by atoms with E-state index in [9.17, 15) is 0 Å². The van der Waals surface area contributed by atoms with Crippen molar-refractivity contribution in [2.75, 3.05) is 13.1 Å². The molecule has 2 fully saturated rings. The Morgan fingerprint density at radius 1 is 1.10 bits per heavy atom. The molecule has 0 bridgehead atoms. The number of hydrogen-bond donors (Lipinski definition) is 1. The molecule has 0 aromatic rings. The van der Waals surface area contributed by atoms with Crippen LogP contribution in [0.1, 0.15) is 85.5 Å². The van der Waals surface area contributed by atoms with Gasteiger partial charge >= 0.3 is 0 Å². The lowest BCUT2D eigenvalue weighted by molar-refractivity contribution is 0.00805. The number of nitrogens with zero attached hydrogens (tertiary/aromatic N) is 1. The third-order valence-electron chi connectivity index (χ3n) is 5.97. The van der Waals surface area contributed by atoms with Crippen LogP contribution in [0.3, 0.4) is 0 Å². The number of piperazine rings is 1. The maximum absolute atomic E-state index is 3.98. The van der Waals surface area contributed by atoms with Crippen LogP contribution in [0.5, 0.6) is 0 Å². The highest BCUT2D eigenvalue weighted by Crippen LogP contribution is 2.34. The summed E-state index contributed by atoms with van der Waals surface area (Å²) in [6.45, 7) is 12.1. The lowest BCUT2D eigenvalue weighted by atomic mass is 9.78. The standard InChI is InChI=1S/C19H38N2/c1-5-6-8-11-17(4)21-15-19(12-9-7-10-13-19)20-14-18(21)16(2)3/h16-18,20H,5-15H2,1-4H3. The predicted octanol–water partition coefficient (Wildman–Crippen LogP) is 4.59. The van der Waals surface area contributed by atoms with E-state index < -0.39 is 0 Å². The quantitative estimate of drug-likeness (QED) is 0.721. The number of hydrogen-bond acceptors (Lipinski definition) is 2. The average Bonchev–Trinajstić information content (AvgIpc) is 2.48. The SMILES string of the molecule is CCCCCC(C)N1CC2(CCCCC2)NCC1C(C)C. The Labute approximate surface area is 133 Å². The Hall–Kier alpha value is -0.0800. The highest BCUT2D eigenvalue weighted by Gasteiger charge is 2.41. The zero-order chi connectivity index (χ0) is 15.3. The van der Waals surface area contributed by atoms with Crippen LogP contribution in [0, 0.1) is 5.92 Å². The van der Waals surface area contributed by atoms with E-state index >= 15 is 0 Å². The molecule has 1 heterocycles. The third kappa shape index (κ3) is 4.45. The second-order valence-corrected chi connectivity index (χ2v) is 8.05. The maximum atomic E-state index is 3.98. The molecule has 0 amide bonds.